The molecule has 1 N–H and O–H groups in total. The molecular formula is C27H26BrN3O5S. The van der Waals surface area contributed by atoms with E-state index in [1.54, 1.807) is 13.0 Å². The Morgan fingerprint density at radius 2 is 1.59 bits per heavy atom. The molecule has 4 rings (SSSR count). The Bertz CT molecular complexity index is 1410. The van der Waals surface area contributed by atoms with E-state index in [0.717, 1.165) is 15.6 Å². The largest absolute Gasteiger partial charge is 0.355 e. The first-order valence-corrected chi connectivity index (χ1v) is 14.0. The van der Waals surface area contributed by atoms with Gasteiger partial charge in [0.25, 0.3) is 15.9 Å². The minimum Gasteiger partial charge on any atom is -0.355 e. The second-order valence-electron chi connectivity index (χ2n) is 8.56. The second kappa shape index (κ2) is 11.3. The van der Waals surface area contributed by atoms with E-state index in [9.17, 15) is 22.8 Å². The first-order chi connectivity index (χ1) is 17.7. The molecule has 0 spiro atoms. The number of carbonyl (C=O) groups is 3. The van der Waals surface area contributed by atoms with Crippen LogP contribution in [-0.4, -0.2) is 54.5 Å². The van der Waals surface area contributed by atoms with Crippen molar-refractivity contribution in [3.05, 3.63) is 100 Å². The molecule has 0 aliphatic carbocycles. The normalized spacial score (nSPS) is 14.6. The summed E-state index contributed by atoms with van der Waals surface area (Å²) >= 11 is 3.39. The Balaban J connectivity index is 1.70. The Morgan fingerprint density at radius 1 is 0.946 bits per heavy atom. The van der Waals surface area contributed by atoms with Gasteiger partial charge in [-0.2, -0.15) is 0 Å². The summed E-state index contributed by atoms with van der Waals surface area (Å²) in [7, 11) is -4.19. The summed E-state index contributed by atoms with van der Waals surface area (Å²) in [6.07, 6.45) is 0.218. The van der Waals surface area contributed by atoms with Crippen molar-refractivity contribution in [2.24, 2.45) is 0 Å². The predicted octanol–water partition coefficient (Wildman–Crippen LogP) is 3.37. The van der Waals surface area contributed by atoms with Crippen LogP contribution >= 0.6 is 15.9 Å². The maximum absolute atomic E-state index is 13.8. The van der Waals surface area contributed by atoms with Crippen LogP contribution in [0.1, 0.15) is 28.4 Å². The Kier molecular flexibility index (Phi) is 8.09. The van der Waals surface area contributed by atoms with Gasteiger partial charge in [0, 0.05) is 24.0 Å². The molecule has 0 saturated heterocycles. The fourth-order valence-corrected chi connectivity index (χ4v) is 6.02. The summed E-state index contributed by atoms with van der Waals surface area (Å²) < 4.78 is 27.6. The summed E-state index contributed by atoms with van der Waals surface area (Å²) in [5.74, 6) is -1.78. The maximum Gasteiger partial charge on any atom is 0.269 e. The highest BCUT2D eigenvalue weighted by molar-refractivity contribution is 9.10. The number of likely N-dealkylation sites (N-methyl/N-ethyl adjacent to an activating group) is 1. The number of halogens is 1. The SMILES string of the molecule is CCNC(=O)[C@H](Cc1ccccc1)N(Cc1ccc(Br)cc1)C(=O)CN1C(=O)c2ccccc2S1(=O)=O. The number of nitrogens with zero attached hydrogens (tertiary/aromatic N) is 2. The lowest BCUT2D eigenvalue weighted by Gasteiger charge is -2.32. The van der Waals surface area contributed by atoms with Crippen molar-refractivity contribution < 1.29 is 22.8 Å². The number of fused-ring (bicyclic) bond motifs is 1. The van der Waals surface area contributed by atoms with Crippen LogP contribution in [0.5, 0.6) is 0 Å². The van der Waals surface area contributed by atoms with Crippen LogP contribution in [0.25, 0.3) is 0 Å². The minimum absolute atomic E-state index is 0.0271. The van der Waals surface area contributed by atoms with Crippen LogP contribution in [-0.2, 0) is 32.6 Å². The van der Waals surface area contributed by atoms with Crippen LogP contribution in [0, 0.1) is 0 Å². The Labute approximate surface area is 224 Å². The van der Waals surface area contributed by atoms with Crippen LogP contribution in [0.15, 0.2) is 88.2 Å². The quantitative estimate of drug-likeness (QED) is 0.416. The average molecular weight is 584 g/mol. The van der Waals surface area contributed by atoms with Gasteiger partial charge in [-0.05, 0) is 42.3 Å². The van der Waals surface area contributed by atoms with Gasteiger partial charge in [-0.15, -0.1) is 0 Å². The van der Waals surface area contributed by atoms with Crippen molar-refractivity contribution in [2.75, 3.05) is 13.1 Å². The molecule has 3 aromatic carbocycles. The summed E-state index contributed by atoms with van der Waals surface area (Å²) in [4.78, 5) is 41.2. The van der Waals surface area contributed by atoms with Crippen molar-refractivity contribution in [1.29, 1.82) is 0 Å². The van der Waals surface area contributed by atoms with Gasteiger partial charge in [0.15, 0.2) is 0 Å². The van der Waals surface area contributed by atoms with E-state index in [-0.39, 0.29) is 29.3 Å². The molecule has 0 radical (unpaired) electrons. The van der Waals surface area contributed by atoms with Gasteiger partial charge in [-0.1, -0.05) is 70.5 Å². The van der Waals surface area contributed by atoms with Crippen molar-refractivity contribution in [3.8, 4) is 0 Å². The van der Waals surface area contributed by atoms with E-state index in [2.05, 4.69) is 21.2 Å². The van der Waals surface area contributed by atoms with E-state index in [1.807, 2.05) is 54.6 Å². The lowest BCUT2D eigenvalue weighted by molar-refractivity contribution is -0.141. The molecule has 0 saturated carbocycles. The molecule has 0 fully saturated rings. The van der Waals surface area contributed by atoms with Gasteiger partial charge in [0.2, 0.25) is 11.8 Å². The molecule has 0 bridgehead atoms. The zero-order valence-corrected chi connectivity index (χ0v) is 22.5. The molecule has 1 aliphatic heterocycles. The summed E-state index contributed by atoms with van der Waals surface area (Å²) in [5.41, 5.74) is 1.61. The number of amides is 3. The van der Waals surface area contributed by atoms with E-state index < -0.39 is 34.4 Å². The van der Waals surface area contributed by atoms with Crippen LogP contribution in [0.2, 0.25) is 0 Å². The van der Waals surface area contributed by atoms with Gasteiger partial charge >= 0.3 is 0 Å². The lowest BCUT2D eigenvalue weighted by Crippen LogP contribution is -2.53. The summed E-state index contributed by atoms with van der Waals surface area (Å²) in [6.45, 7) is 1.48. The zero-order chi connectivity index (χ0) is 26.6. The smallest absolute Gasteiger partial charge is 0.269 e. The second-order valence-corrected chi connectivity index (χ2v) is 11.3. The maximum atomic E-state index is 13.8. The molecule has 3 amide bonds. The van der Waals surface area contributed by atoms with E-state index in [0.29, 0.717) is 10.8 Å². The van der Waals surface area contributed by atoms with Crippen molar-refractivity contribution in [3.63, 3.8) is 0 Å². The molecule has 37 heavy (non-hydrogen) atoms. The third-order valence-electron chi connectivity index (χ3n) is 6.08. The first kappa shape index (κ1) is 26.6. The van der Waals surface area contributed by atoms with Crippen LogP contribution < -0.4 is 5.32 Å². The number of hydrogen-bond donors (Lipinski definition) is 1. The molecule has 1 heterocycles. The minimum atomic E-state index is -4.19. The molecule has 1 aliphatic rings. The number of hydrogen-bond acceptors (Lipinski definition) is 5. The number of benzene rings is 3. The fourth-order valence-electron chi connectivity index (χ4n) is 4.23. The van der Waals surface area contributed by atoms with Crippen molar-refractivity contribution >= 4 is 43.7 Å². The Morgan fingerprint density at radius 3 is 2.24 bits per heavy atom. The molecule has 0 aromatic heterocycles. The van der Waals surface area contributed by atoms with Crippen LogP contribution in [0.4, 0.5) is 0 Å². The third kappa shape index (κ3) is 5.75. The van der Waals surface area contributed by atoms with Crippen molar-refractivity contribution in [1.82, 2.24) is 14.5 Å². The zero-order valence-electron chi connectivity index (χ0n) is 20.1. The van der Waals surface area contributed by atoms with Gasteiger partial charge < -0.3 is 10.2 Å². The van der Waals surface area contributed by atoms with E-state index in [4.69, 9.17) is 0 Å². The molecule has 8 nitrogen and oxygen atoms in total. The molecular weight excluding hydrogens is 558 g/mol. The highest BCUT2D eigenvalue weighted by Gasteiger charge is 2.43. The fraction of sp³-hybridized carbons (Fsp3) is 0.222. The topological polar surface area (TPSA) is 104 Å². The highest BCUT2D eigenvalue weighted by Crippen LogP contribution is 2.30. The van der Waals surface area contributed by atoms with Gasteiger partial charge in [-0.25, -0.2) is 12.7 Å². The molecule has 10 heteroatoms. The van der Waals surface area contributed by atoms with Gasteiger partial charge in [0.05, 0.1) is 5.56 Å². The van der Waals surface area contributed by atoms with Gasteiger partial charge in [0.1, 0.15) is 17.5 Å². The number of nitrogens with one attached hydrogen (secondary N) is 1. The molecule has 192 valence electrons. The monoisotopic (exact) mass is 583 g/mol. The highest BCUT2D eigenvalue weighted by atomic mass is 79.9. The number of carbonyl (C=O) groups excluding carboxylic acids is 3. The third-order valence-corrected chi connectivity index (χ3v) is 8.39. The molecule has 1 atom stereocenters. The molecule has 3 aromatic rings. The predicted molar refractivity (Wildman–Crippen MR) is 142 cm³/mol. The van der Waals surface area contributed by atoms with Crippen LogP contribution in [0.3, 0.4) is 0 Å². The van der Waals surface area contributed by atoms with Crippen molar-refractivity contribution in [2.45, 2.75) is 30.8 Å². The first-order valence-electron chi connectivity index (χ1n) is 11.7. The van der Waals surface area contributed by atoms with E-state index >= 15 is 0 Å². The average Bonchev–Trinajstić information content (AvgIpc) is 3.08. The Hall–Kier alpha value is -3.50. The lowest BCUT2D eigenvalue weighted by atomic mass is 10.0. The number of rotatable bonds is 9. The van der Waals surface area contributed by atoms with E-state index in [1.165, 1.54) is 23.1 Å². The summed E-state index contributed by atoms with van der Waals surface area (Å²) in [5, 5.41) is 2.79. The number of sulfonamides is 1. The summed E-state index contributed by atoms with van der Waals surface area (Å²) in [6, 6.07) is 21.5. The standard InChI is InChI=1S/C27H26BrN3O5S/c1-2-29-26(33)23(16-19-8-4-3-5-9-19)30(17-20-12-14-21(28)15-13-20)25(32)18-31-27(34)22-10-6-7-11-24(22)37(31,35)36/h3-15,23H,2,16-18H2,1H3,(H,29,33)/t23-/m0/s1. The molecule has 0 unspecified atom stereocenters. The van der Waals surface area contributed by atoms with Gasteiger partial charge in [-0.3, -0.25) is 14.4 Å².